The summed E-state index contributed by atoms with van der Waals surface area (Å²) in [6.07, 6.45) is 1.83. The van der Waals surface area contributed by atoms with Crippen molar-refractivity contribution in [1.82, 2.24) is 9.59 Å². The molecule has 4 nitrogen and oxygen atoms in total. The van der Waals surface area contributed by atoms with Crippen LogP contribution >= 0.6 is 11.5 Å². The third-order valence-electron chi connectivity index (χ3n) is 0.953. The molecule has 54 valence electrons. The van der Waals surface area contributed by atoms with Crippen LogP contribution in [0.4, 0.5) is 0 Å². The summed E-state index contributed by atoms with van der Waals surface area (Å²) >= 11 is 1.20. The lowest BCUT2D eigenvalue weighted by atomic mass is 10.4. The van der Waals surface area contributed by atoms with E-state index >= 15 is 0 Å². The summed E-state index contributed by atoms with van der Waals surface area (Å²) in [6, 6.07) is 0. The SMILES string of the molecule is COC(=O)Cc1cnns1. The highest BCUT2D eigenvalue weighted by atomic mass is 32.1. The van der Waals surface area contributed by atoms with Gasteiger partial charge >= 0.3 is 5.97 Å². The van der Waals surface area contributed by atoms with Crippen LogP contribution < -0.4 is 0 Å². The zero-order valence-electron chi connectivity index (χ0n) is 5.40. The molecule has 0 aliphatic rings. The molecular weight excluding hydrogens is 152 g/mol. The highest BCUT2D eigenvalue weighted by molar-refractivity contribution is 7.05. The van der Waals surface area contributed by atoms with E-state index in [1.807, 2.05) is 0 Å². The van der Waals surface area contributed by atoms with E-state index in [-0.39, 0.29) is 12.4 Å². The van der Waals surface area contributed by atoms with Crippen molar-refractivity contribution in [2.24, 2.45) is 0 Å². The number of carbonyl (C=O) groups is 1. The minimum Gasteiger partial charge on any atom is -0.469 e. The Balaban J connectivity index is 2.48. The first-order chi connectivity index (χ1) is 4.83. The highest BCUT2D eigenvalue weighted by Gasteiger charge is 2.03. The zero-order valence-corrected chi connectivity index (χ0v) is 6.22. The molecular formula is C5H6N2O2S. The van der Waals surface area contributed by atoms with Gasteiger partial charge in [-0.15, -0.1) is 5.10 Å². The molecule has 0 unspecified atom stereocenters. The normalized spacial score (nSPS) is 9.30. The molecule has 0 radical (unpaired) electrons. The summed E-state index contributed by atoms with van der Waals surface area (Å²) in [5.74, 6) is -0.258. The second-order valence-electron chi connectivity index (χ2n) is 1.64. The molecule has 1 heterocycles. The first kappa shape index (κ1) is 7.14. The van der Waals surface area contributed by atoms with Gasteiger partial charge in [-0.1, -0.05) is 4.49 Å². The number of hydrogen-bond donors (Lipinski definition) is 0. The van der Waals surface area contributed by atoms with Gasteiger partial charge in [-0.25, -0.2) is 0 Å². The molecule has 0 bridgehead atoms. The van der Waals surface area contributed by atoms with Crippen LogP contribution in [0.1, 0.15) is 4.88 Å². The molecule has 0 saturated carbocycles. The van der Waals surface area contributed by atoms with Crippen molar-refractivity contribution in [3.05, 3.63) is 11.1 Å². The molecule has 0 atom stereocenters. The Morgan fingerprint density at radius 3 is 3.20 bits per heavy atom. The number of rotatable bonds is 2. The molecule has 1 aromatic heterocycles. The van der Waals surface area contributed by atoms with Gasteiger partial charge in [0, 0.05) is 0 Å². The summed E-state index contributed by atoms with van der Waals surface area (Å²) in [5.41, 5.74) is 0. The Morgan fingerprint density at radius 2 is 2.70 bits per heavy atom. The summed E-state index contributed by atoms with van der Waals surface area (Å²) in [7, 11) is 1.36. The number of methoxy groups -OCH3 is 1. The second kappa shape index (κ2) is 3.26. The summed E-state index contributed by atoms with van der Waals surface area (Å²) < 4.78 is 8.03. The summed E-state index contributed by atoms with van der Waals surface area (Å²) in [4.78, 5) is 11.4. The largest absolute Gasteiger partial charge is 0.469 e. The Bertz CT molecular complexity index is 209. The Labute approximate surface area is 62.0 Å². The van der Waals surface area contributed by atoms with E-state index in [1.54, 1.807) is 6.20 Å². The van der Waals surface area contributed by atoms with Crippen LogP contribution in [0, 0.1) is 0 Å². The molecule has 0 aromatic carbocycles. The quantitative estimate of drug-likeness (QED) is 0.579. The lowest BCUT2D eigenvalue weighted by Gasteiger charge is -1.91. The van der Waals surface area contributed by atoms with Gasteiger partial charge in [0.25, 0.3) is 0 Å². The number of nitrogens with zero attached hydrogens (tertiary/aromatic N) is 2. The number of aromatic nitrogens is 2. The monoisotopic (exact) mass is 158 g/mol. The lowest BCUT2D eigenvalue weighted by Crippen LogP contribution is -2.02. The Morgan fingerprint density at radius 1 is 1.90 bits per heavy atom. The van der Waals surface area contributed by atoms with E-state index in [0.29, 0.717) is 0 Å². The molecule has 1 aromatic rings. The molecule has 0 aliphatic heterocycles. The predicted octanol–water partition coefficient (Wildman–Crippen LogP) is 0.254. The average molecular weight is 158 g/mol. The van der Waals surface area contributed by atoms with Gasteiger partial charge < -0.3 is 4.74 Å². The minimum atomic E-state index is -0.258. The van der Waals surface area contributed by atoms with Gasteiger partial charge in [0.2, 0.25) is 0 Å². The smallest absolute Gasteiger partial charge is 0.310 e. The van der Waals surface area contributed by atoms with E-state index in [0.717, 1.165) is 4.88 Å². The van der Waals surface area contributed by atoms with Gasteiger partial charge in [-0.3, -0.25) is 4.79 Å². The zero-order chi connectivity index (χ0) is 7.40. The second-order valence-corrected chi connectivity index (χ2v) is 2.51. The molecule has 5 heteroatoms. The van der Waals surface area contributed by atoms with E-state index in [9.17, 15) is 4.79 Å². The maximum Gasteiger partial charge on any atom is 0.310 e. The third kappa shape index (κ3) is 1.77. The van der Waals surface area contributed by atoms with Crippen LogP contribution in [0.3, 0.4) is 0 Å². The molecule has 0 aliphatic carbocycles. The standard InChI is InChI=1S/C5H6N2O2S/c1-9-5(8)2-4-3-6-7-10-4/h3H,2H2,1H3. The molecule has 0 spiro atoms. The Kier molecular flexibility index (Phi) is 2.33. The minimum absolute atomic E-state index is 0.258. The average Bonchev–Trinajstić information content (AvgIpc) is 2.40. The fourth-order valence-corrected chi connectivity index (χ4v) is 0.956. The van der Waals surface area contributed by atoms with Crippen molar-refractivity contribution in [3.63, 3.8) is 0 Å². The third-order valence-corrected chi connectivity index (χ3v) is 1.61. The first-order valence-corrected chi connectivity index (χ1v) is 3.43. The number of carbonyl (C=O) groups excluding carboxylic acids is 1. The maximum absolute atomic E-state index is 10.6. The van der Waals surface area contributed by atoms with Gasteiger partial charge in [-0.05, 0) is 11.5 Å². The van der Waals surface area contributed by atoms with Crippen molar-refractivity contribution in [2.75, 3.05) is 7.11 Å². The molecule has 0 fully saturated rings. The van der Waals surface area contributed by atoms with Crippen LogP contribution in [0.5, 0.6) is 0 Å². The van der Waals surface area contributed by atoms with Crippen molar-refractivity contribution in [2.45, 2.75) is 6.42 Å². The van der Waals surface area contributed by atoms with Gasteiger partial charge in [0.15, 0.2) is 0 Å². The van der Waals surface area contributed by atoms with Gasteiger partial charge in [-0.2, -0.15) is 0 Å². The summed E-state index contributed by atoms with van der Waals surface area (Å²) in [6.45, 7) is 0. The topological polar surface area (TPSA) is 52.1 Å². The predicted molar refractivity (Wildman–Crippen MR) is 35.6 cm³/mol. The number of esters is 1. The molecule has 1 rings (SSSR count). The molecule has 0 N–H and O–H groups in total. The van der Waals surface area contributed by atoms with E-state index in [2.05, 4.69) is 14.3 Å². The highest BCUT2D eigenvalue weighted by Crippen LogP contribution is 2.02. The van der Waals surface area contributed by atoms with Gasteiger partial charge in [0.1, 0.15) is 0 Å². The van der Waals surface area contributed by atoms with Crippen molar-refractivity contribution in [3.8, 4) is 0 Å². The maximum atomic E-state index is 10.6. The van der Waals surface area contributed by atoms with Crippen LogP contribution in [-0.2, 0) is 16.0 Å². The van der Waals surface area contributed by atoms with E-state index < -0.39 is 0 Å². The fraction of sp³-hybridized carbons (Fsp3) is 0.400. The fourth-order valence-electron chi connectivity index (χ4n) is 0.480. The van der Waals surface area contributed by atoms with Crippen molar-refractivity contribution in [1.29, 1.82) is 0 Å². The lowest BCUT2D eigenvalue weighted by molar-refractivity contribution is -0.139. The van der Waals surface area contributed by atoms with Crippen LogP contribution in [0.15, 0.2) is 6.20 Å². The van der Waals surface area contributed by atoms with E-state index in [1.165, 1.54) is 18.6 Å². The summed E-state index contributed by atoms with van der Waals surface area (Å²) in [5, 5.41) is 3.57. The van der Waals surface area contributed by atoms with Crippen LogP contribution in [-0.4, -0.2) is 22.7 Å². The number of ether oxygens (including phenoxy) is 1. The molecule has 0 saturated heterocycles. The Hall–Kier alpha value is -0.970. The van der Waals surface area contributed by atoms with Crippen LogP contribution in [0.2, 0.25) is 0 Å². The van der Waals surface area contributed by atoms with Crippen molar-refractivity contribution >= 4 is 17.5 Å². The number of hydrogen-bond acceptors (Lipinski definition) is 5. The first-order valence-electron chi connectivity index (χ1n) is 2.66. The van der Waals surface area contributed by atoms with Gasteiger partial charge in [0.05, 0.1) is 24.6 Å². The van der Waals surface area contributed by atoms with Crippen molar-refractivity contribution < 1.29 is 9.53 Å². The van der Waals surface area contributed by atoms with E-state index in [4.69, 9.17) is 0 Å². The molecule has 10 heavy (non-hydrogen) atoms. The molecule has 0 amide bonds. The van der Waals surface area contributed by atoms with Crippen LogP contribution in [0.25, 0.3) is 0 Å².